The smallest absolute Gasteiger partial charge is 0.450 e. The van der Waals surface area contributed by atoms with Gasteiger partial charge in [-0.2, -0.15) is 4.89 Å². The zero-order valence-corrected chi connectivity index (χ0v) is 7.49. The minimum absolute atomic E-state index is 0.404. The van der Waals surface area contributed by atoms with Gasteiger partial charge in [0.05, 0.1) is 5.60 Å². The highest BCUT2D eigenvalue weighted by Crippen LogP contribution is 2.13. The zero-order chi connectivity index (χ0) is 9.61. The van der Waals surface area contributed by atoms with Gasteiger partial charge in [0, 0.05) is 0 Å². The summed E-state index contributed by atoms with van der Waals surface area (Å²) in [6.07, 6.45) is -0.618. The second-order valence-electron chi connectivity index (χ2n) is 2.84. The summed E-state index contributed by atoms with van der Waals surface area (Å²) in [7, 11) is 0. The van der Waals surface area contributed by atoms with Gasteiger partial charge in [-0.25, -0.2) is 9.68 Å². The molecule has 0 aromatic rings. The number of carboxylic acid groups (broad SMARTS) is 1. The number of hydrogen-bond acceptors (Lipinski definition) is 4. The van der Waals surface area contributed by atoms with Crippen molar-refractivity contribution >= 4 is 6.16 Å². The molecule has 0 unspecified atom stereocenters. The maximum absolute atomic E-state index is 9.84. The summed E-state index contributed by atoms with van der Waals surface area (Å²) in [5.41, 5.74) is -0.415. The van der Waals surface area contributed by atoms with Crippen molar-refractivity contribution in [3.05, 3.63) is 0 Å². The fourth-order valence-corrected chi connectivity index (χ4v) is 0.317. The molecule has 0 heterocycles. The summed E-state index contributed by atoms with van der Waals surface area (Å²) in [6.45, 7) is 5.18. The molecule has 72 valence electrons. The normalized spacial score (nSPS) is 11.2. The van der Waals surface area contributed by atoms with Gasteiger partial charge in [0.15, 0.2) is 0 Å². The lowest BCUT2D eigenvalue weighted by Gasteiger charge is -2.20. The molecule has 0 saturated carbocycles. The fraction of sp³-hybridized carbons (Fsp3) is 0.857. The lowest BCUT2D eigenvalue weighted by molar-refractivity contribution is -0.379. The van der Waals surface area contributed by atoms with Crippen LogP contribution in [0.4, 0.5) is 4.79 Å². The lowest BCUT2D eigenvalue weighted by Crippen LogP contribution is -2.24. The average Bonchev–Trinajstić information content (AvgIpc) is 1.98. The van der Waals surface area contributed by atoms with Crippen LogP contribution in [0.3, 0.4) is 0 Å². The third-order valence-electron chi connectivity index (χ3n) is 1.37. The van der Waals surface area contributed by atoms with Crippen molar-refractivity contribution in [3.63, 3.8) is 0 Å². The molecule has 0 bridgehead atoms. The summed E-state index contributed by atoms with van der Waals surface area (Å²) < 4.78 is 4.05. The highest BCUT2D eigenvalue weighted by molar-refractivity contribution is 5.56. The molecule has 0 aliphatic heterocycles. The molecule has 5 heteroatoms. The average molecular weight is 178 g/mol. The molecule has 12 heavy (non-hydrogen) atoms. The Morgan fingerprint density at radius 2 is 2.08 bits per heavy atom. The van der Waals surface area contributed by atoms with E-state index in [1.54, 1.807) is 0 Å². The third kappa shape index (κ3) is 5.94. The van der Waals surface area contributed by atoms with Gasteiger partial charge in [-0.1, -0.05) is 6.92 Å². The zero-order valence-electron chi connectivity index (χ0n) is 7.49. The van der Waals surface area contributed by atoms with Crippen molar-refractivity contribution in [3.8, 4) is 0 Å². The summed E-state index contributed by atoms with van der Waals surface area (Å²) in [5.74, 6) is 0. The summed E-state index contributed by atoms with van der Waals surface area (Å²) >= 11 is 0. The van der Waals surface area contributed by atoms with Gasteiger partial charge in [-0.3, -0.25) is 0 Å². The molecule has 0 saturated heterocycles. The molecular weight excluding hydrogens is 164 g/mol. The second kappa shape index (κ2) is 4.95. The van der Waals surface area contributed by atoms with Crippen molar-refractivity contribution in [1.82, 2.24) is 0 Å². The molecule has 0 fully saturated rings. The molecule has 0 spiro atoms. The monoisotopic (exact) mass is 178 g/mol. The maximum atomic E-state index is 9.84. The van der Waals surface area contributed by atoms with Gasteiger partial charge in [-0.05, 0) is 20.3 Å². The minimum atomic E-state index is -1.38. The van der Waals surface area contributed by atoms with Gasteiger partial charge in [0.2, 0.25) is 6.79 Å². The Labute approximate surface area is 71.2 Å². The lowest BCUT2D eigenvalue weighted by atomic mass is 10.1. The molecule has 0 rings (SSSR count). The van der Waals surface area contributed by atoms with Gasteiger partial charge >= 0.3 is 6.16 Å². The van der Waals surface area contributed by atoms with Crippen LogP contribution in [0.15, 0.2) is 0 Å². The van der Waals surface area contributed by atoms with Crippen LogP contribution in [0.1, 0.15) is 27.2 Å². The van der Waals surface area contributed by atoms with E-state index in [0.717, 1.165) is 6.42 Å². The maximum Gasteiger partial charge on any atom is 0.507 e. The first-order chi connectivity index (χ1) is 5.48. The Balaban J connectivity index is 3.37. The largest absolute Gasteiger partial charge is 0.507 e. The van der Waals surface area contributed by atoms with Crippen LogP contribution < -0.4 is 0 Å². The van der Waals surface area contributed by atoms with Crippen molar-refractivity contribution < 1.29 is 24.4 Å². The van der Waals surface area contributed by atoms with Crippen LogP contribution >= 0.6 is 0 Å². The summed E-state index contributed by atoms with van der Waals surface area (Å²) in [4.78, 5) is 19.2. The molecule has 0 aliphatic carbocycles. The van der Waals surface area contributed by atoms with E-state index in [4.69, 9.17) is 9.99 Å². The van der Waals surface area contributed by atoms with Gasteiger partial charge in [0.1, 0.15) is 0 Å². The van der Waals surface area contributed by atoms with Gasteiger partial charge in [-0.15, -0.1) is 0 Å². The first-order valence-corrected chi connectivity index (χ1v) is 3.64. The van der Waals surface area contributed by atoms with E-state index in [1.807, 2.05) is 20.8 Å². The first kappa shape index (κ1) is 11.2. The Kier molecular flexibility index (Phi) is 4.61. The van der Waals surface area contributed by atoms with Crippen molar-refractivity contribution in [1.29, 1.82) is 0 Å². The van der Waals surface area contributed by atoms with Gasteiger partial charge < -0.3 is 9.84 Å². The molecule has 0 atom stereocenters. The van der Waals surface area contributed by atoms with Crippen LogP contribution in [0.2, 0.25) is 0 Å². The predicted molar refractivity (Wildman–Crippen MR) is 40.5 cm³/mol. The number of rotatable bonds is 5. The number of ether oxygens (including phenoxy) is 1. The van der Waals surface area contributed by atoms with Crippen LogP contribution in [0.5, 0.6) is 0 Å². The molecule has 5 nitrogen and oxygen atoms in total. The van der Waals surface area contributed by atoms with Gasteiger partial charge in [0.25, 0.3) is 0 Å². The summed E-state index contributed by atoms with van der Waals surface area (Å²) in [5, 5.41) is 8.04. The van der Waals surface area contributed by atoms with Crippen LogP contribution in [0.25, 0.3) is 0 Å². The van der Waals surface area contributed by atoms with Crippen molar-refractivity contribution in [2.75, 3.05) is 6.79 Å². The van der Waals surface area contributed by atoms with Crippen LogP contribution in [0, 0.1) is 0 Å². The Morgan fingerprint density at radius 3 is 2.50 bits per heavy atom. The fourth-order valence-electron chi connectivity index (χ4n) is 0.317. The van der Waals surface area contributed by atoms with E-state index in [9.17, 15) is 4.79 Å². The van der Waals surface area contributed by atoms with E-state index >= 15 is 0 Å². The van der Waals surface area contributed by atoms with E-state index in [2.05, 4.69) is 9.62 Å². The molecule has 0 aromatic carbocycles. The SMILES string of the molecule is CCC(C)(C)OOCOC(=O)O. The second-order valence-corrected chi connectivity index (χ2v) is 2.84. The quantitative estimate of drug-likeness (QED) is 0.228. The molecule has 1 N–H and O–H groups in total. The number of hydrogen-bond donors (Lipinski definition) is 1. The molecule has 0 amide bonds. The highest BCUT2D eigenvalue weighted by atomic mass is 17.2. The molecule has 0 aliphatic rings. The summed E-state index contributed by atoms with van der Waals surface area (Å²) in [6, 6.07) is 0. The van der Waals surface area contributed by atoms with Crippen molar-refractivity contribution in [2.45, 2.75) is 32.8 Å². The Hall–Kier alpha value is -0.810. The predicted octanol–water partition coefficient (Wildman–Crippen LogP) is 1.78. The van der Waals surface area contributed by atoms with E-state index in [-0.39, 0.29) is 0 Å². The highest BCUT2D eigenvalue weighted by Gasteiger charge is 2.16. The standard InChI is InChI=1S/C7H14O5/c1-4-7(2,3)12-11-5-10-6(8)9/h4-5H2,1-3H3,(H,8,9). The van der Waals surface area contributed by atoms with Crippen molar-refractivity contribution in [2.24, 2.45) is 0 Å². The van der Waals surface area contributed by atoms with Crippen LogP contribution in [-0.2, 0) is 14.5 Å². The van der Waals surface area contributed by atoms with E-state index < -0.39 is 18.5 Å². The molecular formula is C7H14O5. The minimum Gasteiger partial charge on any atom is -0.450 e. The Bertz CT molecular complexity index is 143. The molecule has 0 radical (unpaired) electrons. The molecule has 0 aromatic heterocycles. The third-order valence-corrected chi connectivity index (χ3v) is 1.37. The topological polar surface area (TPSA) is 65.0 Å². The van der Waals surface area contributed by atoms with Crippen LogP contribution in [-0.4, -0.2) is 23.7 Å². The van der Waals surface area contributed by atoms with E-state index in [1.165, 1.54) is 0 Å². The van der Waals surface area contributed by atoms with E-state index in [0.29, 0.717) is 0 Å². The first-order valence-electron chi connectivity index (χ1n) is 3.64. The Morgan fingerprint density at radius 1 is 1.50 bits per heavy atom. The number of carbonyl (C=O) groups is 1.